The molecule has 2 N–H and O–H groups in total. The molecule has 0 unspecified atom stereocenters. The summed E-state index contributed by atoms with van der Waals surface area (Å²) in [6.45, 7) is 8.74. The van der Waals surface area contributed by atoms with Crippen LogP contribution in [0.1, 0.15) is 32.6 Å². The highest BCUT2D eigenvalue weighted by Crippen LogP contribution is 2.16. The van der Waals surface area contributed by atoms with Crippen LogP contribution < -0.4 is 10.6 Å². The molecule has 21 heavy (non-hydrogen) atoms. The minimum absolute atomic E-state index is 0. The van der Waals surface area contributed by atoms with Crippen LogP contribution in [0.2, 0.25) is 0 Å². The van der Waals surface area contributed by atoms with Gasteiger partial charge in [0.2, 0.25) is 0 Å². The Labute approximate surface area is 147 Å². The van der Waals surface area contributed by atoms with E-state index in [1.54, 1.807) is 7.11 Å². The van der Waals surface area contributed by atoms with Gasteiger partial charge >= 0.3 is 0 Å². The van der Waals surface area contributed by atoms with Crippen molar-refractivity contribution in [3.63, 3.8) is 0 Å². The minimum atomic E-state index is 0. The largest absolute Gasteiger partial charge is 0.385 e. The maximum absolute atomic E-state index is 5.04. The quantitative estimate of drug-likeness (QED) is 0.277. The fourth-order valence-corrected chi connectivity index (χ4v) is 2.62. The van der Waals surface area contributed by atoms with Gasteiger partial charge in [0.1, 0.15) is 0 Å². The number of hydrogen-bond acceptors (Lipinski definition) is 3. The van der Waals surface area contributed by atoms with Crippen molar-refractivity contribution in [2.24, 2.45) is 10.9 Å². The van der Waals surface area contributed by atoms with Crippen LogP contribution in [0.5, 0.6) is 0 Å². The van der Waals surface area contributed by atoms with E-state index in [0.717, 1.165) is 38.0 Å². The second-order valence-corrected chi connectivity index (χ2v) is 5.51. The second kappa shape index (κ2) is 13.6. The highest BCUT2D eigenvalue weighted by molar-refractivity contribution is 14.0. The monoisotopic (exact) mass is 412 g/mol. The Morgan fingerprint density at radius 3 is 2.57 bits per heavy atom. The van der Waals surface area contributed by atoms with Crippen LogP contribution in [-0.4, -0.2) is 64.3 Å². The average Bonchev–Trinajstić information content (AvgIpc) is 2.48. The molecule has 0 aromatic heterocycles. The lowest BCUT2D eigenvalue weighted by molar-refractivity contribution is 0.185. The molecule has 1 aliphatic rings. The average molecular weight is 412 g/mol. The van der Waals surface area contributed by atoms with Gasteiger partial charge in [-0.1, -0.05) is 6.92 Å². The van der Waals surface area contributed by atoms with Crippen molar-refractivity contribution in [2.75, 3.05) is 53.5 Å². The molecule has 1 fully saturated rings. The molecule has 0 bridgehead atoms. The Morgan fingerprint density at radius 2 is 2.00 bits per heavy atom. The van der Waals surface area contributed by atoms with E-state index in [9.17, 15) is 0 Å². The Bertz CT molecular complexity index is 268. The molecule has 5 nitrogen and oxygen atoms in total. The van der Waals surface area contributed by atoms with Crippen molar-refractivity contribution < 1.29 is 4.74 Å². The molecule has 0 aromatic rings. The van der Waals surface area contributed by atoms with Crippen molar-refractivity contribution in [1.29, 1.82) is 0 Å². The lowest BCUT2D eigenvalue weighted by atomic mass is 9.97. The van der Waals surface area contributed by atoms with Crippen LogP contribution >= 0.6 is 24.0 Å². The minimum Gasteiger partial charge on any atom is -0.385 e. The van der Waals surface area contributed by atoms with Gasteiger partial charge in [-0.2, -0.15) is 0 Å². The van der Waals surface area contributed by atoms with Gasteiger partial charge in [0.25, 0.3) is 0 Å². The number of rotatable bonds is 8. The van der Waals surface area contributed by atoms with E-state index in [2.05, 4.69) is 27.4 Å². The number of halogens is 1. The van der Waals surface area contributed by atoms with E-state index >= 15 is 0 Å². The topological polar surface area (TPSA) is 48.9 Å². The first-order valence-electron chi connectivity index (χ1n) is 7.96. The third-order valence-electron chi connectivity index (χ3n) is 3.85. The number of ether oxygens (including phenoxy) is 1. The number of piperidine rings is 1. The number of methoxy groups -OCH3 is 1. The first-order valence-corrected chi connectivity index (χ1v) is 7.96. The summed E-state index contributed by atoms with van der Waals surface area (Å²) in [7, 11) is 3.56. The first-order chi connectivity index (χ1) is 9.80. The fraction of sp³-hybridized carbons (Fsp3) is 0.933. The van der Waals surface area contributed by atoms with Crippen molar-refractivity contribution in [1.82, 2.24) is 15.5 Å². The van der Waals surface area contributed by atoms with Gasteiger partial charge in [-0.15, -0.1) is 24.0 Å². The van der Waals surface area contributed by atoms with Crippen LogP contribution in [0.4, 0.5) is 0 Å². The fourth-order valence-electron chi connectivity index (χ4n) is 2.62. The Balaban J connectivity index is 0.00000400. The van der Waals surface area contributed by atoms with Crippen LogP contribution in [0.25, 0.3) is 0 Å². The molecule has 0 amide bonds. The number of aliphatic imine (C=N–C) groups is 1. The zero-order valence-electron chi connectivity index (χ0n) is 13.9. The number of nitrogens with zero attached hydrogens (tertiary/aromatic N) is 2. The van der Waals surface area contributed by atoms with Gasteiger partial charge in [-0.05, 0) is 51.2 Å². The third kappa shape index (κ3) is 9.52. The molecule has 0 saturated carbocycles. The number of likely N-dealkylation sites (tertiary alicyclic amines) is 1. The molecule has 6 heteroatoms. The molecule has 1 heterocycles. The lowest BCUT2D eigenvalue weighted by Gasteiger charge is -2.32. The predicted octanol–water partition coefficient (Wildman–Crippen LogP) is 1.93. The first kappa shape index (κ1) is 20.9. The lowest BCUT2D eigenvalue weighted by Crippen LogP contribution is -2.43. The molecular weight excluding hydrogens is 379 g/mol. The molecule has 126 valence electrons. The van der Waals surface area contributed by atoms with Gasteiger partial charge in [0, 0.05) is 33.9 Å². The third-order valence-corrected chi connectivity index (χ3v) is 3.85. The van der Waals surface area contributed by atoms with Crippen molar-refractivity contribution in [2.45, 2.75) is 32.6 Å². The van der Waals surface area contributed by atoms with Gasteiger partial charge in [-0.3, -0.25) is 4.99 Å². The zero-order chi connectivity index (χ0) is 14.6. The predicted molar refractivity (Wildman–Crippen MR) is 101 cm³/mol. The van der Waals surface area contributed by atoms with Crippen LogP contribution in [0.3, 0.4) is 0 Å². The van der Waals surface area contributed by atoms with Crippen molar-refractivity contribution in [3.8, 4) is 0 Å². The summed E-state index contributed by atoms with van der Waals surface area (Å²) in [6, 6.07) is 0. The Morgan fingerprint density at radius 1 is 1.29 bits per heavy atom. The Kier molecular flexibility index (Phi) is 13.5. The summed E-state index contributed by atoms with van der Waals surface area (Å²) in [4.78, 5) is 6.84. The summed E-state index contributed by atoms with van der Waals surface area (Å²) >= 11 is 0. The van der Waals surface area contributed by atoms with Gasteiger partial charge in [0.05, 0.1) is 0 Å². The summed E-state index contributed by atoms with van der Waals surface area (Å²) < 4.78 is 5.04. The van der Waals surface area contributed by atoms with E-state index < -0.39 is 0 Å². The molecule has 0 aliphatic carbocycles. The number of hydrogen-bond donors (Lipinski definition) is 2. The second-order valence-electron chi connectivity index (χ2n) is 5.51. The van der Waals surface area contributed by atoms with Crippen molar-refractivity contribution >= 4 is 29.9 Å². The van der Waals surface area contributed by atoms with Crippen molar-refractivity contribution in [3.05, 3.63) is 0 Å². The standard InChI is InChI=1S/C15H32N4O.HI/c1-4-9-19-10-6-14(7-11-19)13-18-15(16-2)17-8-5-12-20-3;/h14H,4-13H2,1-3H3,(H2,16,17,18);1H. The molecule has 1 rings (SSSR count). The van der Waals surface area contributed by atoms with E-state index in [4.69, 9.17) is 4.74 Å². The molecule has 0 atom stereocenters. The number of guanidine groups is 1. The SMILES string of the molecule is CCCN1CCC(CNC(=NC)NCCCOC)CC1.I. The van der Waals surface area contributed by atoms with Gasteiger partial charge in [-0.25, -0.2) is 0 Å². The molecular formula is C15H33IN4O. The smallest absolute Gasteiger partial charge is 0.190 e. The van der Waals surface area contributed by atoms with Crippen LogP contribution in [0, 0.1) is 5.92 Å². The molecule has 1 saturated heterocycles. The number of nitrogens with one attached hydrogen (secondary N) is 2. The van der Waals surface area contributed by atoms with Crippen LogP contribution in [0.15, 0.2) is 4.99 Å². The highest BCUT2D eigenvalue weighted by atomic mass is 127. The summed E-state index contributed by atoms with van der Waals surface area (Å²) in [5.41, 5.74) is 0. The van der Waals surface area contributed by atoms with Crippen LogP contribution in [-0.2, 0) is 4.74 Å². The highest BCUT2D eigenvalue weighted by Gasteiger charge is 2.18. The van der Waals surface area contributed by atoms with E-state index in [-0.39, 0.29) is 24.0 Å². The summed E-state index contributed by atoms with van der Waals surface area (Å²) in [5, 5.41) is 6.76. The Hall–Kier alpha value is -0.0800. The zero-order valence-corrected chi connectivity index (χ0v) is 16.2. The maximum Gasteiger partial charge on any atom is 0.190 e. The van der Waals surface area contributed by atoms with Gasteiger partial charge < -0.3 is 20.3 Å². The van der Waals surface area contributed by atoms with E-state index in [1.807, 2.05) is 7.05 Å². The molecule has 0 radical (unpaired) electrons. The molecule has 0 spiro atoms. The molecule has 1 aliphatic heterocycles. The summed E-state index contributed by atoms with van der Waals surface area (Å²) in [5.74, 6) is 1.69. The summed E-state index contributed by atoms with van der Waals surface area (Å²) in [6.07, 6.45) is 4.87. The maximum atomic E-state index is 5.04. The molecule has 0 aromatic carbocycles. The normalized spacial score (nSPS) is 17.4. The van der Waals surface area contributed by atoms with E-state index in [1.165, 1.54) is 38.9 Å². The van der Waals surface area contributed by atoms with E-state index in [0.29, 0.717) is 0 Å². The van der Waals surface area contributed by atoms with Gasteiger partial charge in [0.15, 0.2) is 5.96 Å².